The zero-order valence-electron chi connectivity index (χ0n) is 12.4. The summed E-state index contributed by atoms with van der Waals surface area (Å²) >= 11 is 0. The summed E-state index contributed by atoms with van der Waals surface area (Å²) in [6.45, 7) is 7.49. The fourth-order valence-corrected chi connectivity index (χ4v) is 3.51. The van der Waals surface area contributed by atoms with E-state index in [1.165, 1.54) is 24.8 Å². The maximum atomic E-state index is 13.2. The van der Waals surface area contributed by atoms with Crippen LogP contribution in [0.25, 0.3) is 0 Å². The number of rotatable bonds is 3. The highest BCUT2D eigenvalue weighted by Crippen LogP contribution is 2.43. The highest BCUT2D eigenvalue weighted by Gasteiger charge is 2.34. The van der Waals surface area contributed by atoms with E-state index in [9.17, 15) is 4.39 Å². The van der Waals surface area contributed by atoms with Crippen LogP contribution in [0.3, 0.4) is 0 Å². The van der Waals surface area contributed by atoms with E-state index in [2.05, 4.69) is 13.8 Å². The summed E-state index contributed by atoms with van der Waals surface area (Å²) in [6.07, 6.45) is 4.77. The lowest BCUT2D eigenvalue weighted by atomic mass is 9.65. The lowest BCUT2D eigenvalue weighted by Crippen LogP contribution is -2.35. The summed E-state index contributed by atoms with van der Waals surface area (Å²) in [4.78, 5) is 0. The van der Waals surface area contributed by atoms with Crippen LogP contribution in [0.15, 0.2) is 18.2 Å². The molecule has 1 aromatic carbocycles. The van der Waals surface area contributed by atoms with Gasteiger partial charge in [-0.25, -0.2) is 4.39 Å². The number of nitrogens with two attached hydrogens (primary N) is 1. The molecule has 2 rings (SSSR count). The Bertz CT molecular complexity index is 439. The predicted molar refractivity (Wildman–Crippen MR) is 78.5 cm³/mol. The zero-order chi connectivity index (χ0) is 14.0. The van der Waals surface area contributed by atoms with E-state index in [1.54, 1.807) is 12.1 Å². The molecule has 0 radical (unpaired) electrons. The molecule has 1 saturated carbocycles. The highest BCUT2D eigenvalue weighted by molar-refractivity contribution is 5.27. The highest BCUT2D eigenvalue weighted by atomic mass is 19.1. The molecule has 2 heteroatoms. The van der Waals surface area contributed by atoms with Gasteiger partial charge in [-0.1, -0.05) is 19.9 Å². The lowest BCUT2D eigenvalue weighted by molar-refractivity contribution is 0.121. The van der Waals surface area contributed by atoms with Crippen molar-refractivity contribution in [1.82, 2.24) is 0 Å². The molecule has 2 unspecified atom stereocenters. The monoisotopic (exact) mass is 263 g/mol. The smallest absolute Gasteiger partial charge is 0.123 e. The largest absolute Gasteiger partial charge is 0.330 e. The molecule has 1 fully saturated rings. The van der Waals surface area contributed by atoms with Crippen LogP contribution in [-0.2, 0) is 6.42 Å². The Hall–Kier alpha value is -0.890. The van der Waals surface area contributed by atoms with Gasteiger partial charge in [0.15, 0.2) is 0 Å². The molecule has 2 N–H and O–H groups in total. The van der Waals surface area contributed by atoms with Gasteiger partial charge in [0.1, 0.15) is 5.82 Å². The van der Waals surface area contributed by atoms with Crippen LogP contribution >= 0.6 is 0 Å². The second kappa shape index (κ2) is 5.62. The van der Waals surface area contributed by atoms with E-state index in [-0.39, 0.29) is 5.82 Å². The summed E-state index contributed by atoms with van der Waals surface area (Å²) in [6, 6.07) is 5.16. The Labute approximate surface area is 116 Å². The number of benzene rings is 1. The van der Waals surface area contributed by atoms with Crippen molar-refractivity contribution in [2.24, 2.45) is 23.0 Å². The molecule has 0 aromatic heterocycles. The van der Waals surface area contributed by atoms with Crippen molar-refractivity contribution >= 4 is 0 Å². The molecule has 19 heavy (non-hydrogen) atoms. The molecule has 1 aromatic rings. The van der Waals surface area contributed by atoms with Crippen molar-refractivity contribution in [3.8, 4) is 0 Å². The Morgan fingerprint density at radius 3 is 2.68 bits per heavy atom. The molecule has 1 nitrogen and oxygen atoms in total. The van der Waals surface area contributed by atoms with E-state index in [0.717, 1.165) is 18.5 Å². The first-order chi connectivity index (χ1) is 8.91. The molecule has 0 aliphatic heterocycles. The van der Waals surface area contributed by atoms with Gasteiger partial charge in [0.05, 0.1) is 0 Å². The van der Waals surface area contributed by atoms with Crippen molar-refractivity contribution < 1.29 is 4.39 Å². The maximum absolute atomic E-state index is 13.2. The summed E-state index contributed by atoms with van der Waals surface area (Å²) < 4.78 is 13.2. The van der Waals surface area contributed by atoms with E-state index in [1.807, 2.05) is 13.0 Å². The fraction of sp³-hybridized carbons (Fsp3) is 0.647. The summed E-state index contributed by atoms with van der Waals surface area (Å²) in [5.41, 5.74) is 8.71. The Morgan fingerprint density at radius 1 is 1.32 bits per heavy atom. The predicted octanol–water partition coefficient (Wildman–Crippen LogP) is 4.08. The van der Waals surface area contributed by atoms with Crippen molar-refractivity contribution in [2.75, 3.05) is 6.54 Å². The van der Waals surface area contributed by atoms with Crippen LogP contribution in [0, 0.1) is 30.0 Å². The zero-order valence-corrected chi connectivity index (χ0v) is 12.4. The molecule has 0 saturated heterocycles. The van der Waals surface area contributed by atoms with Gasteiger partial charge in [-0.3, -0.25) is 0 Å². The number of aryl methyl sites for hydroxylation is 1. The van der Waals surface area contributed by atoms with Crippen molar-refractivity contribution in [1.29, 1.82) is 0 Å². The van der Waals surface area contributed by atoms with Gasteiger partial charge in [0, 0.05) is 0 Å². The van der Waals surface area contributed by atoms with E-state index in [0.29, 0.717) is 17.3 Å². The average Bonchev–Trinajstić information content (AvgIpc) is 2.32. The Balaban J connectivity index is 2.14. The van der Waals surface area contributed by atoms with Crippen LogP contribution in [0.2, 0.25) is 0 Å². The normalized spacial score (nSPS) is 26.4. The summed E-state index contributed by atoms with van der Waals surface area (Å²) in [5.74, 6) is 1.12. The first kappa shape index (κ1) is 14.5. The average molecular weight is 263 g/mol. The quantitative estimate of drug-likeness (QED) is 0.873. The SMILES string of the molecule is Cc1cc(F)ccc1CC1CC(C)(C)CCC1CN. The minimum Gasteiger partial charge on any atom is -0.330 e. The Kier molecular flexibility index (Phi) is 4.29. The molecule has 0 spiro atoms. The van der Waals surface area contributed by atoms with Crippen LogP contribution in [-0.4, -0.2) is 6.54 Å². The van der Waals surface area contributed by atoms with Gasteiger partial charge in [-0.2, -0.15) is 0 Å². The first-order valence-corrected chi connectivity index (χ1v) is 7.36. The van der Waals surface area contributed by atoms with Gasteiger partial charge in [-0.05, 0) is 79.7 Å². The van der Waals surface area contributed by atoms with Gasteiger partial charge >= 0.3 is 0 Å². The topological polar surface area (TPSA) is 26.0 Å². The van der Waals surface area contributed by atoms with Crippen molar-refractivity contribution in [3.63, 3.8) is 0 Å². The molecule has 0 amide bonds. The summed E-state index contributed by atoms with van der Waals surface area (Å²) in [7, 11) is 0. The first-order valence-electron chi connectivity index (χ1n) is 7.36. The minimum atomic E-state index is -0.138. The Morgan fingerprint density at radius 2 is 2.05 bits per heavy atom. The molecule has 1 aliphatic carbocycles. The fourth-order valence-electron chi connectivity index (χ4n) is 3.51. The van der Waals surface area contributed by atoms with E-state index >= 15 is 0 Å². The van der Waals surface area contributed by atoms with Crippen molar-refractivity contribution in [3.05, 3.63) is 35.1 Å². The van der Waals surface area contributed by atoms with Crippen LogP contribution in [0.4, 0.5) is 4.39 Å². The molecule has 1 aliphatic rings. The minimum absolute atomic E-state index is 0.138. The van der Waals surface area contributed by atoms with Crippen LogP contribution < -0.4 is 5.73 Å². The second-order valence-corrected chi connectivity index (χ2v) is 6.94. The maximum Gasteiger partial charge on any atom is 0.123 e. The number of hydrogen-bond acceptors (Lipinski definition) is 1. The standard InChI is InChI=1S/C17H26FN/c1-12-8-16(18)5-4-13(12)9-15-10-17(2,3)7-6-14(15)11-19/h4-5,8,14-15H,6-7,9-11,19H2,1-3H3. The van der Waals surface area contributed by atoms with Crippen LogP contribution in [0.1, 0.15) is 44.2 Å². The third-order valence-electron chi connectivity index (χ3n) is 4.76. The number of hydrogen-bond donors (Lipinski definition) is 1. The molecule has 106 valence electrons. The van der Waals surface area contributed by atoms with Gasteiger partial charge in [-0.15, -0.1) is 0 Å². The lowest BCUT2D eigenvalue weighted by Gasteiger charge is -2.40. The van der Waals surface area contributed by atoms with Gasteiger partial charge in [0.25, 0.3) is 0 Å². The van der Waals surface area contributed by atoms with Gasteiger partial charge < -0.3 is 5.73 Å². The molecule has 2 atom stereocenters. The third kappa shape index (κ3) is 3.56. The van der Waals surface area contributed by atoms with E-state index < -0.39 is 0 Å². The summed E-state index contributed by atoms with van der Waals surface area (Å²) in [5, 5.41) is 0. The number of halogens is 1. The van der Waals surface area contributed by atoms with E-state index in [4.69, 9.17) is 5.73 Å². The second-order valence-electron chi connectivity index (χ2n) is 6.94. The van der Waals surface area contributed by atoms with Crippen LogP contribution in [0.5, 0.6) is 0 Å². The van der Waals surface area contributed by atoms with Crippen molar-refractivity contribution in [2.45, 2.75) is 46.5 Å². The molecule has 0 heterocycles. The molecular formula is C17H26FN. The third-order valence-corrected chi connectivity index (χ3v) is 4.76. The molecular weight excluding hydrogens is 237 g/mol. The molecule has 0 bridgehead atoms. The van der Waals surface area contributed by atoms with Gasteiger partial charge in [0.2, 0.25) is 0 Å².